The summed E-state index contributed by atoms with van der Waals surface area (Å²) in [4.78, 5) is 11.8. The second kappa shape index (κ2) is 7.08. The first kappa shape index (κ1) is 15.9. The number of carbonyl (C=O) groups excluding carboxylic acids is 1. The van der Waals surface area contributed by atoms with E-state index in [2.05, 4.69) is 26.3 Å². The number of hydrogen-bond donors (Lipinski definition) is 1. The van der Waals surface area contributed by atoms with Crippen molar-refractivity contribution in [1.29, 1.82) is 0 Å². The fourth-order valence-corrected chi connectivity index (χ4v) is 3.02. The van der Waals surface area contributed by atoms with E-state index >= 15 is 0 Å². The fraction of sp³-hybridized carbons (Fsp3) is 0.294. The Morgan fingerprint density at radius 2 is 2.17 bits per heavy atom. The van der Waals surface area contributed by atoms with Crippen LogP contribution in [0.4, 0.5) is 4.39 Å². The Morgan fingerprint density at radius 1 is 1.39 bits per heavy atom. The molecule has 0 bridgehead atoms. The molecule has 0 unspecified atom stereocenters. The highest BCUT2D eigenvalue weighted by molar-refractivity contribution is 9.10. The van der Waals surface area contributed by atoms with Crippen LogP contribution in [0, 0.1) is 5.82 Å². The number of nitrogens with one attached hydrogen (secondary N) is 1. The number of carbonyl (C=O) groups is 1. The molecule has 6 heteroatoms. The summed E-state index contributed by atoms with van der Waals surface area (Å²) in [6, 6.07) is 5.07. The molecule has 1 amide bonds. The van der Waals surface area contributed by atoms with E-state index in [1.165, 1.54) is 29.7 Å². The lowest BCUT2D eigenvalue weighted by Gasteiger charge is -2.09. The van der Waals surface area contributed by atoms with Crippen molar-refractivity contribution in [3.8, 4) is 5.69 Å². The molecule has 1 aliphatic rings. The lowest BCUT2D eigenvalue weighted by atomic mass is 10.1. The number of halogens is 2. The van der Waals surface area contributed by atoms with Crippen LogP contribution in [0.15, 0.2) is 41.1 Å². The van der Waals surface area contributed by atoms with Crippen molar-refractivity contribution in [3.63, 3.8) is 0 Å². The maximum atomic E-state index is 14.2. The molecule has 1 aromatic heterocycles. The van der Waals surface area contributed by atoms with E-state index in [4.69, 9.17) is 0 Å². The van der Waals surface area contributed by atoms with Crippen LogP contribution < -0.4 is 5.32 Å². The largest absolute Gasteiger partial charge is 0.350 e. The molecule has 0 spiro atoms. The standard InChI is InChI=1S/C17H17BrFN3O/c18-13-10-20-22(11-13)16-7-5-12(9-15(16)19)6-8-17(23)21-14-3-1-2-4-14/h5-11,14H,1-4H2,(H,21,23)/b8-6+. The minimum absolute atomic E-state index is 0.127. The molecule has 1 heterocycles. The van der Waals surface area contributed by atoms with Crippen molar-refractivity contribution >= 4 is 27.9 Å². The van der Waals surface area contributed by atoms with Crippen LogP contribution in [0.5, 0.6) is 0 Å². The first-order chi connectivity index (χ1) is 11.1. The van der Waals surface area contributed by atoms with Crippen LogP contribution >= 0.6 is 15.9 Å². The maximum absolute atomic E-state index is 14.2. The van der Waals surface area contributed by atoms with E-state index in [0.717, 1.165) is 17.3 Å². The fourth-order valence-electron chi connectivity index (χ4n) is 2.74. The molecule has 2 aromatic rings. The van der Waals surface area contributed by atoms with Crippen molar-refractivity contribution in [2.45, 2.75) is 31.7 Å². The average Bonchev–Trinajstić information content (AvgIpc) is 3.17. The lowest BCUT2D eigenvalue weighted by molar-refractivity contribution is -0.117. The Hall–Kier alpha value is -1.95. The Morgan fingerprint density at radius 3 is 2.83 bits per heavy atom. The SMILES string of the molecule is O=C(/C=C/c1ccc(-n2cc(Br)cn2)c(F)c1)NC1CCCC1. The first-order valence-electron chi connectivity index (χ1n) is 7.60. The van der Waals surface area contributed by atoms with E-state index in [0.29, 0.717) is 11.3 Å². The molecular formula is C17H17BrFN3O. The number of nitrogens with zero attached hydrogens (tertiary/aromatic N) is 2. The van der Waals surface area contributed by atoms with Gasteiger partial charge in [0.25, 0.3) is 0 Å². The van der Waals surface area contributed by atoms with Crippen molar-refractivity contribution in [2.24, 2.45) is 0 Å². The summed E-state index contributed by atoms with van der Waals surface area (Å²) >= 11 is 3.28. The van der Waals surface area contributed by atoms with Gasteiger partial charge < -0.3 is 5.32 Å². The minimum Gasteiger partial charge on any atom is -0.350 e. The summed E-state index contributed by atoms with van der Waals surface area (Å²) < 4.78 is 16.4. The van der Waals surface area contributed by atoms with Gasteiger partial charge in [-0.1, -0.05) is 18.9 Å². The van der Waals surface area contributed by atoms with Gasteiger partial charge in [0.1, 0.15) is 11.5 Å². The van der Waals surface area contributed by atoms with Crippen molar-refractivity contribution in [3.05, 3.63) is 52.5 Å². The van der Waals surface area contributed by atoms with Gasteiger partial charge in [-0.25, -0.2) is 9.07 Å². The number of rotatable bonds is 4. The molecular weight excluding hydrogens is 361 g/mol. The van der Waals surface area contributed by atoms with Crippen LogP contribution in [-0.2, 0) is 4.79 Å². The van der Waals surface area contributed by atoms with Crippen LogP contribution in [-0.4, -0.2) is 21.7 Å². The third-order valence-electron chi connectivity index (χ3n) is 3.90. The number of benzene rings is 1. The van der Waals surface area contributed by atoms with Gasteiger partial charge in [-0.3, -0.25) is 4.79 Å². The smallest absolute Gasteiger partial charge is 0.244 e. The van der Waals surface area contributed by atoms with Gasteiger partial charge >= 0.3 is 0 Å². The van der Waals surface area contributed by atoms with Crippen molar-refractivity contribution in [2.75, 3.05) is 0 Å². The summed E-state index contributed by atoms with van der Waals surface area (Å²) in [6.07, 6.45) is 10.8. The van der Waals surface area contributed by atoms with E-state index in [-0.39, 0.29) is 17.8 Å². The zero-order chi connectivity index (χ0) is 16.2. The number of amides is 1. The zero-order valence-corrected chi connectivity index (χ0v) is 14.1. The van der Waals surface area contributed by atoms with Crippen LogP contribution in [0.3, 0.4) is 0 Å². The Bertz CT molecular complexity index is 735. The van der Waals surface area contributed by atoms with E-state index in [9.17, 15) is 9.18 Å². The van der Waals surface area contributed by atoms with Crippen LogP contribution in [0.2, 0.25) is 0 Å². The molecule has 0 saturated heterocycles. The maximum Gasteiger partial charge on any atom is 0.244 e. The van der Waals surface area contributed by atoms with E-state index in [1.807, 2.05) is 0 Å². The normalized spacial score (nSPS) is 15.4. The number of aromatic nitrogens is 2. The molecule has 120 valence electrons. The summed E-state index contributed by atoms with van der Waals surface area (Å²) in [6.45, 7) is 0. The third kappa shape index (κ3) is 4.07. The topological polar surface area (TPSA) is 46.9 Å². The second-order valence-electron chi connectivity index (χ2n) is 5.64. The highest BCUT2D eigenvalue weighted by Gasteiger charge is 2.15. The molecule has 4 nitrogen and oxygen atoms in total. The van der Waals surface area contributed by atoms with Gasteiger partial charge in [-0.15, -0.1) is 0 Å². The van der Waals surface area contributed by atoms with Crippen LogP contribution in [0.1, 0.15) is 31.2 Å². The first-order valence-corrected chi connectivity index (χ1v) is 8.40. The van der Waals surface area contributed by atoms with Gasteiger partial charge in [-0.05, 0) is 52.5 Å². The van der Waals surface area contributed by atoms with Crippen LogP contribution in [0.25, 0.3) is 11.8 Å². The summed E-state index contributed by atoms with van der Waals surface area (Å²) in [7, 11) is 0. The predicted molar refractivity (Wildman–Crippen MR) is 90.7 cm³/mol. The van der Waals surface area contributed by atoms with Gasteiger partial charge in [-0.2, -0.15) is 5.10 Å². The molecule has 1 aliphatic carbocycles. The third-order valence-corrected chi connectivity index (χ3v) is 4.31. The zero-order valence-electron chi connectivity index (χ0n) is 12.5. The molecule has 0 aliphatic heterocycles. The molecule has 1 saturated carbocycles. The highest BCUT2D eigenvalue weighted by atomic mass is 79.9. The number of hydrogen-bond acceptors (Lipinski definition) is 2. The molecule has 1 fully saturated rings. The molecule has 1 aromatic carbocycles. The van der Waals surface area contributed by atoms with Gasteiger partial charge in [0, 0.05) is 18.3 Å². The lowest BCUT2D eigenvalue weighted by Crippen LogP contribution is -2.30. The average molecular weight is 378 g/mol. The molecule has 0 atom stereocenters. The van der Waals surface area contributed by atoms with Gasteiger partial charge in [0.15, 0.2) is 0 Å². The molecule has 23 heavy (non-hydrogen) atoms. The summed E-state index contributed by atoms with van der Waals surface area (Å²) in [5.74, 6) is -0.517. The second-order valence-corrected chi connectivity index (χ2v) is 6.55. The van der Waals surface area contributed by atoms with Crippen molar-refractivity contribution in [1.82, 2.24) is 15.1 Å². The predicted octanol–water partition coefficient (Wildman–Crippen LogP) is 3.85. The monoisotopic (exact) mass is 377 g/mol. The van der Waals surface area contributed by atoms with E-state index in [1.54, 1.807) is 30.6 Å². The van der Waals surface area contributed by atoms with Gasteiger partial charge in [0.2, 0.25) is 5.91 Å². The molecule has 3 rings (SSSR count). The quantitative estimate of drug-likeness (QED) is 0.822. The molecule has 0 radical (unpaired) electrons. The Labute approximate surface area is 142 Å². The van der Waals surface area contributed by atoms with Gasteiger partial charge in [0.05, 0.1) is 10.7 Å². The summed E-state index contributed by atoms with van der Waals surface area (Å²) in [5, 5.41) is 7.02. The highest BCUT2D eigenvalue weighted by Crippen LogP contribution is 2.19. The summed E-state index contributed by atoms with van der Waals surface area (Å²) in [5.41, 5.74) is 1.00. The van der Waals surface area contributed by atoms with Crippen molar-refractivity contribution < 1.29 is 9.18 Å². The Balaban J connectivity index is 1.67. The molecule has 1 N–H and O–H groups in total. The Kier molecular flexibility index (Phi) is 4.91. The van der Waals surface area contributed by atoms with E-state index < -0.39 is 0 Å². The minimum atomic E-state index is -0.390.